The first-order valence-corrected chi connectivity index (χ1v) is 10.2. The predicted octanol–water partition coefficient (Wildman–Crippen LogP) is 4.58. The molecule has 3 rings (SSSR count). The van der Waals surface area contributed by atoms with Crippen LogP contribution in [0.15, 0.2) is 59.1 Å². The van der Waals surface area contributed by atoms with Crippen LogP contribution in [-0.4, -0.2) is 30.4 Å². The number of carbonyl (C=O) groups is 1. The fourth-order valence-corrected chi connectivity index (χ4v) is 3.76. The maximum atomic E-state index is 12.5. The van der Waals surface area contributed by atoms with Gasteiger partial charge in [0.2, 0.25) is 5.91 Å². The molecule has 1 fully saturated rings. The SMILES string of the molecule is C[C@H](CNC(=O)C1CCN(Cc2ccc(Br)cc2)CC1)c1ccccc1. The van der Waals surface area contributed by atoms with Gasteiger partial charge in [0.1, 0.15) is 0 Å². The van der Waals surface area contributed by atoms with E-state index in [0.29, 0.717) is 12.5 Å². The Hall–Kier alpha value is -1.65. The first kappa shape index (κ1) is 19.1. The van der Waals surface area contributed by atoms with Crippen molar-refractivity contribution in [1.82, 2.24) is 10.2 Å². The van der Waals surface area contributed by atoms with Gasteiger partial charge in [0.05, 0.1) is 0 Å². The van der Waals surface area contributed by atoms with E-state index in [9.17, 15) is 4.79 Å². The molecule has 0 aromatic heterocycles. The molecule has 1 atom stereocenters. The Morgan fingerprint density at radius 1 is 1.12 bits per heavy atom. The van der Waals surface area contributed by atoms with Crippen molar-refractivity contribution in [1.29, 1.82) is 0 Å². The predicted molar refractivity (Wildman–Crippen MR) is 110 cm³/mol. The summed E-state index contributed by atoms with van der Waals surface area (Å²) in [4.78, 5) is 14.9. The van der Waals surface area contributed by atoms with Gasteiger partial charge in [-0.2, -0.15) is 0 Å². The van der Waals surface area contributed by atoms with Gasteiger partial charge in [-0.1, -0.05) is 65.3 Å². The smallest absolute Gasteiger partial charge is 0.223 e. The van der Waals surface area contributed by atoms with E-state index in [2.05, 4.69) is 81.6 Å². The molecule has 1 N–H and O–H groups in total. The number of rotatable bonds is 6. The molecule has 1 aliphatic heterocycles. The summed E-state index contributed by atoms with van der Waals surface area (Å²) < 4.78 is 1.11. The van der Waals surface area contributed by atoms with Crippen molar-refractivity contribution in [2.24, 2.45) is 5.92 Å². The Labute approximate surface area is 164 Å². The molecule has 0 aliphatic carbocycles. The largest absolute Gasteiger partial charge is 0.355 e. The fourth-order valence-electron chi connectivity index (χ4n) is 3.50. The van der Waals surface area contributed by atoms with Crippen molar-refractivity contribution in [3.8, 4) is 0 Å². The van der Waals surface area contributed by atoms with Crippen molar-refractivity contribution < 1.29 is 4.79 Å². The monoisotopic (exact) mass is 414 g/mol. The highest BCUT2D eigenvalue weighted by atomic mass is 79.9. The third-order valence-electron chi connectivity index (χ3n) is 5.23. The molecule has 0 spiro atoms. The van der Waals surface area contributed by atoms with Crippen LogP contribution < -0.4 is 5.32 Å². The maximum Gasteiger partial charge on any atom is 0.223 e. The molecule has 0 unspecified atom stereocenters. The Balaban J connectivity index is 1.41. The topological polar surface area (TPSA) is 32.3 Å². The van der Waals surface area contributed by atoms with E-state index in [4.69, 9.17) is 0 Å². The number of amides is 1. The normalized spacial score (nSPS) is 17.0. The molecule has 3 nitrogen and oxygen atoms in total. The van der Waals surface area contributed by atoms with Crippen LogP contribution in [0, 0.1) is 5.92 Å². The number of benzene rings is 2. The molecule has 0 saturated carbocycles. The molecule has 0 radical (unpaired) electrons. The van der Waals surface area contributed by atoms with Crippen molar-refractivity contribution in [3.63, 3.8) is 0 Å². The van der Waals surface area contributed by atoms with E-state index in [1.54, 1.807) is 0 Å². The number of hydrogen-bond donors (Lipinski definition) is 1. The number of nitrogens with zero attached hydrogens (tertiary/aromatic N) is 1. The zero-order valence-electron chi connectivity index (χ0n) is 15.3. The van der Waals surface area contributed by atoms with Crippen molar-refractivity contribution in [3.05, 3.63) is 70.2 Å². The molecule has 4 heteroatoms. The lowest BCUT2D eigenvalue weighted by molar-refractivity contribution is -0.126. The molecule has 2 aromatic carbocycles. The van der Waals surface area contributed by atoms with Gasteiger partial charge in [-0.15, -0.1) is 0 Å². The average Bonchev–Trinajstić information content (AvgIpc) is 2.69. The van der Waals surface area contributed by atoms with Crippen LogP contribution >= 0.6 is 15.9 Å². The second-order valence-corrected chi connectivity index (χ2v) is 8.15. The second-order valence-electron chi connectivity index (χ2n) is 7.23. The third kappa shape index (κ3) is 5.42. The van der Waals surface area contributed by atoms with Crippen LogP contribution in [0.3, 0.4) is 0 Å². The van der Waals surface area contributed by atoms with Gasteiger partial charge in [0.15, 0.2) is 0 Å². The molecule has 2 aromatic rings. The number of hydrogen-bond acceptors (Lipinski definition) is 2. The molecule has 1 aliphatic rings. The molecular weight excluding hydrogens is 388 g/mol. The average molecular weight is 415 g/mol. The third-order valence-corrected chi connectivity index (χ3v) is 5.76. The van der Waals surface area contributed by atoms with E-state index in [0.717, 1.165) is 36.9 Å². The zero-order valence-corrected chi connectivity index (χ0v) is 16.9. The molecular formula is C22H27BrN2O. The minimum atomic E-state index is 0.152. The van der Waals surface area contributed by atoms with Crippen LogP contribution in [0.25, 0.3) is 0 Å². The van der Waals surface area contributed by atoms with E-state index in [-0.39, 0.29) is 11.8 Å². The van der Waals surface area contributed by atoms with Gasteiger partial charge in [-0.3, -0.25) is 9.69 Å². The van der Waals surface area contributed by atoms with Gasteiger partial charge in [-0.05, 0) is 55.1 Å². The summed E-state index contributed by atoms with van der Waals surface area (Å²) in [5.74, 6) is 0.716. The Kier molecular flexibility index (Phi) is 6.86. The molecule has 26 heavy (non-hydrogen) atoms. The fraction of sp³-hybridized carbons (Fsp3) is 0.409. The lowest BCUT2D eigenvalue weighted by Gasteiger charge is -2.31. The van der Waals surface area contributed by atoms with Crippen LogP contribution in [0.1, 0.15) is 36.8 Å². The summed E-state index contributed by atoms with van der Waals surface area (Å²) in [7, 11) is 0. The number of likely N-dealkylation sites (tertiary alicyclic amines) is 1. The minimum Gasteiger partial charge on any atom is -0.355 e. The summed E-state index contributed by atoms with van der Waals surface area (Å²) in [6.07, 6.45) is 1.89. The number of halogens is 1. The Bertz CT molecular complexity index is 694. The maximum absolute atomic E-state index is 12.5. The van der Waals surface area contributed by atoms with Crippen LogP contribution in [-0.2, 0) is 11.3 Å². The first-order chi connectivity index (χ1) is 12.6. The van der Waals surface area contributed by atoms with E-state index < -0.39 is 0 Å². The van der Waals surface area contributed by atoms with Gasteiger partial charge >= 0.3 is 0 Å². The van der Waals surface area contributed by atoms with Gasteiger partial charge in [0.25, 0.3) is 0 Å². The first-order valence-electron chi connectivity index (χ1n) is 9.41. The number of carbonyl (C=O) groups excluding carboxylic acids is 1. The van der Waals surface area contributed by atoms with Crippen LogP contribution in [0.4, 0.5) is 0 Å². The number of nitrogens with one attached hydrogen (secondary N) is 1. The summed E-state index contributed by atoms with van der Waals surface area (Å²) in [5.41, 5.74) is 2.60. The molecule has 0 bridgehead atoms. The Morgan fingerprint density at radius 2 is 1.77 bits per heavy atom. The second kappa shape index (κ2) is 9.33. The van der Waals surface area contributed by atoms with E-state index in [1.165, 1.54) is 11.1 Å². The summed E-state index contributed by atoms with van der Waals surface area (Å²) in [5, 5.41) is 3.16. The Morgan fingerprint density at radius 3 is 2.42 bits per heavy atom. The summed E-state index contributed by atoms with van der Waals surface area (Å²) >= 11 is 3.48. The minimum absolute atomic E-state index is 0.152. The van der Waals surface area contributed by atoms with E-state index >= 15 is 0 Å². The molecule has 1 amide bonds. The highest BCUT2D eigenvalue weighted by Crippen LogP contribution is 2.21. The van der Waals surface area contributed by atoms with Crippen LogP contribution in [0.5, 0.6) is 0 Å². The zero-order chi connectivity index (χ0) is 18.4. The lowest BCUT2D eigenvalue weighted by Crippen LogP contribution is -2.41. The van der Waals surface area contributed by atoms with Crippen molar-refractivity contribution >= 4 is 21.8 Å². The van der Waals surface area contributed by atoms with Crippen LogP contribution in [0.2, 0.25) is 0 Å². The summed E-state index contributed by atoms with van der Waals surface area (Å²) in [6.45, 7) is 5.82. The van der Waals surface area contributed by atoms with Gasteiger partial charge in [-0.25, -0.2) is 0 Å². The molecule has 1 saturated heterocycles. The highest BCUT2D eigenvalue weighted by molar-refractivity contribution is 9.10. The highest BCUT2D eigenvalue weighted by Gasteiger charge is 2.25. The van der Waals surface area contributed by atoms with Gasteiger partial charge < -0.3 is 5.32 Å². The number of piperidine rings is 1. The lowest BCUT2D eigenvalue weighted by atomic mass is 9.95. The van der Waals surface area contributed by atoms with Crippen molar-refractivity contribution in [2.45, 2.75) is 32.2 Å². The quantitative estimate of drug-likeness (QED) is 0.749. The van der Waals surface area contributed by atoms with E-state index in [1.807, 2.05) is 6.07 Å². The summed E-state index contributed by atoms with van der Waals surface area (Å²) in [6, 6.07) is 18.9. The van der Waals surface area contributed by atoms with Crippen molar-refractivity contribution in [2.75, 3.05) is 19.6 Å². The van der Waals surface area contributed by atoms with Gasteiger partial charge in [0, 0.05) is 23.5 Å². The molecule has 1 heterocycles. The standard InChI is InChI=1S/C22H27BrN2O/c1-17(19-5-3-2-4-6-19)15-24-22(26)20-11-13-25(14-12-20)16-18-7-9-21(23)10-8-18/h2-10,17,20H,11-16H2,1H3,(H,24,26)/t17-/m1/s1. The molecule has 138 valence electrons.